The van der Waals surface area contributed by atoms with E-state index >= 15 is 0 Å². The number of ether oxygens (including phenoxy) is 1. The zero-order chi connectivity index (χ0) is 10.0. The second kappa shape index (κ2) is 3.91. The van der Waals surface area contributed by atoms with Gasteiger partial charge in [-0.1, -0.05) is 0 Å². The molecule has 4 nitrogen and oxygen atoms in total. The number of aryl methyl sites for hydroxylation is 1. The molecule has 0 amide bonds. The first-order chi connectivity index (χ1) is 6.06. The van der Waals surface area contributed by atoms with E-state index in [1.165, 1.54) is 13.2 Å². The standard InChI is InChI=1S/C8H8INO3/c1-4-5(8(12)13-2)3-6(9)7(11)10-4/h3H,1-2H3,(H,10,11). The molecular formula is C8H8INO3. The molecule has 0 aliphatic carbocycles. The summed E-state index contributed by atoms with van der Waals surface area (Å²) < 4.78 is 5.02. The van der Waals surface area contributed by atoms with Gasteiger partial charge in [-0.05, 0) is 35.6 Å². The number of hydrogen-bond acceptors (Lipinski definition) is 3. The van der Waals surface area contributed by atoms with Crippen molar-refractivity contribution in [1.29, 1.82) is 0 Å². The van der Waals surface area contributed by atoms with Gasteiger partial charge in [0.2, 0.25) is 0 Å². The van der Waals surface area contributed by atoms with Gasteiger partial charge >= 0.3 is 5.97 Å². The molecule has 13 heavy (non-hydrogen) atoms. The molecule has 0 aliphatic rings. The number of esters is 1. The number of nitrogens with one attached hydrogen (secondary N) is 1. The molecule has 0 aliphatic heterocycles. The number of aromatic amines is 1. The van der Waals surface area contributed by atoms with Crippen LogP contribution in [-0.4, -0.2) is 18.1 Å². The predicted octanol–water partition coefficient (Wildman–Crippen LogP) is 1.07. The highest BCUT2D eigenvalue weighted by atomic mass is 127. The normalized spacial score (nSPS) is 9.77. The Morgan fingerprint density at radius 3 is 2.77 bits per heavy atom. The fourth-order valence-electron chi connectivity index (χ4n) is 0.920. The molecule has 0 saturated heterocycles. The van der Waals surface area contributed by atoms with Crippen molar-refractivity contribution in [1.82, 2.24) is 4.98 Å². The molecule has 0 spiro atoms. The zero-order valence-electron chi connectivity index (χ0n) is 7.18. The Kier molecular flexibility index (Phi) is 3.07. The van der Waals surface area contributed by atoms with Crippen LogP contribution in [0, 0.1) is 10.5 Å². The van der Waals surface area contributed by atoms with Crippen LogP contribution in [-0.2, 0) is 4.74 Å². The SMILES string of the molecule is COC(=O)c1cc(I)c(=O)[nH]c1C. The summed E-state index contributed by atoms with van der Waals surface area (Å²) in [4.78, 5) is 24.8. The van der Waals surface area contributed by atoms with Gasteiger partial charge in [-0.2, -0.15) is 0 Å². The Balaban J connectivity index is 3.31. The van der Waals surface area contributed by atoms with Gasteiger partial charge in [-0.25, -0.2) is 4.79 Å². The lowest BCUT2D eigenvalue weighted by Gasteiger charge is -2.02. The fourth-order valence-corrected chi connectivity index (χ4v) is 1.37. The highest BCUT2D eigenvalue weighted by molar-refractivity contribution is 14.1. The molecule has 0 aromatic carbocycles. The Hall–Kier alpha value is -0.850. The number of carbonyl (C=O) groups is 1. The van der Waals surface area contributed by atoms with Crippen LogP contribution in [0.4, 0.5) is 0 Å². The summed E-state index contributed by atoms with van der Waals surface area (Å²) >= 11 is 1.86. The number of halogens is 1. The van der Waals surface area contributed by atoms with E-state index < -0.39 is 5.97 Å². The number of pyridine rings is 1. The van der Waals surface area contributed by atoms with Gasteiger partial charge in [0.05, 0.1) is 16.2 Å². The summed E-state index contributed by atoms with van der Waals surface area (Å²) in [6.45, 7) is 1.66. The van der Waals surface area contributed by atoms with Crippen molar-refractivity contribution < 1.29 is 9.53 Å². The van der Waals surface area contributed by atoms with Gasteiger partial charge in [0, 0.05) is 5.69 Å². The lowest BCUT2D eigenvalue weighted by atomic mass is 10.2. The van der Waals surface area contributed by atoms with Crippen molar-refractivity contribution in [3.05, 3.63) is 31.2 Å². The van der Waals surface area contributed by atoms with Crippen LogP contribution < -0.4 is 5.56 Å². The second-order valence-electron chi connectivity index (χ2n) is 2.48. The minimum Gasteiger partial charge on any atom is -0.465 e. The van der Waals surface area contributed by atoms with Crippen LogP contribution >= 0.6 is 22.6 Å². The number of hydrogen-bond donors (Lipinski definition) is 1. The van der Waals surface area contributed by atoms with Gasteiger partial charge < -0.3 is 9.72 Å². The van der Waals surface area contributed by atoms with Crippen LogP contribution in [0.5, 0.6) is 0 Å². The molecule has 1 aromatic heterocycles. The monoisotopic (exact) mass is 293 g/mol. The Morgan fingerprint density at radius 2 is 2.23 bits per heavy atom. The van der Waals surface area contributed by atoms with E-state index in [1.807, 2.05) is 22.6 Å². The van der Waals surface area contributed by atoms with Gasteiger partial charge in [-0.3, -0.25) is 4.79 Å². The van der Waals surface area contributed by atoms with Gasteiger partial charge in [0.15, 0.2) is 0 Å². The molecule has 0 unspecified atom stereocenters. The van der Waals surface area contributed by atoms with Crippen molar-refractivity contribution >= 4 is 28.6 Å². The smallest absolute Gasteiger partial charge is 0.339 e. The first kappa shape index (κ1) is 10.2. The zero-order valence-corrected chi connectivity index (χ0v) is 9.34. The molecule has 0 bridgehead atoms. The third-order valence-corrected chi connectivity index (χ3v) is 2.40. The third kappa shape index (κ3) is 2.09. The van der Waals surface area contributed by atoms with Crippen LogP contribution in [0.25, 0.3) is 0 Å². The maximum Gasteiger partial charge on any atom is 0.339 e. The summed E-state index contributed by atoms with van der Waals surface area (Å²) in [5.74, 6) is -0.438. The minimum atomic E-state index is -0.438. The maximum atomic E-state index is 11.2. The maximum absolute atomic E-state index is 11.2. The first-order valence-electron chi connectivity index (χ1n) is 3.54. The number of H-pyrrole nitrogens is 1. The van der Waals surface area contributed by atoms with Crippen LogP contribution in [0.3, 0.4) is 0 Å². The quantitative estimate of drug-likeness (QED) is 0.622. The summed E-state index contributed by atoms with van der Waals surface area (Å²) in [5.41, 5.74) is 0.731. The number of aromatic nitrogens is 1. The molecule has 0 atom stereocenters. The summed E-state index contributed by atoms with van der Waals surface area (Å²) in [7, 11) is 1.31. The molecule has 70 valence electrons. The molecule has 1 aromatic rings. The summed E-state index contributed by atoms with van der Waals surface area (Å²) in [5, 5.41) is 0. The first-order valence-corrected chi connectivity index (χ1v) is 4.62. The fraction of sp³-hybridized carbons (Fsp3) is 0.250. The van der Waals surface area contributed by atoms with Gasteiger partial charge in [0.25, 0.3) is 5.56 Å². The molecule has 5 heteroatoms. The third-order valence-electron chi connectivity index (χ3n) is 1.60. The van der Waals surface area contributed by atoms with Crippen molar-refractivity contribution in [2.75, 3.05) is 7.11 Å². The highest BCUT2D eigenvalue weighted by Gasteiger charge is 2.11. The molecule has 1 heterocycles. The summed E-state index contributed by atoms with van der Waals surface area (Å²) in [6, 6.07) is 1.51. The van der Waals surface area contributed by atoms with Gasteiger partial charge in [-0.15, -0.1) is 0 Å². The average molecular weight is 293 g/mol. The van der Waals surface area contributed by atoms with E-state index in [0.29, 0.717) is 14.8 Å². The van der Waals surface area contributed by atoms with Crippen LogP contribution in [0.2, 0.25) is 0 Å². The minimum absolute atomic E-state index is 0.189. The van der Waals surface area contributed by atoms with E-state index in [0.717, 1.165) is 0 Å². The van der Waals surface area contributed by atoms with E-state index in [1.54, 1.807) is 6.92 Å². The van der Waals surface area contributed by atoms with Crippen molar-refractivity contribution in [3.63, 3.8) is 0 Å². The molecule has 0 fully saturated rings. The van der Waals surface area contributed by atoms with E-state index in [2.05, 4.69) is 9.72 Å². The number of methoxy groups -OCH3 is 1. The van der Waals surface area contributed by atoms with E-state index in [-0.39, 0.29) is 5.56 Å². The molecule has 0 saturated carbocycles. The lowest BCUT2D eigenvalue weighted by Crippen LogP contribution is -2.16. The largest absolute Gasteiger partial charge is 0.465 e. The van der Waals surface area contributed by atoms with Crippen molar-refractivity contribution in [2.45, 2.75) is 6.92 Å². The molecule has 1 N–H and O–H groups in total. The predicted molar refractivity (Wildman–Crippen MR) is 55.9 cm³/mol. The van der Waals surface area contributed by atoms with Gasteiger partial charge in [0.1, 0.15) is 0 Å². The van der Waals surface area contributed by atoms with Crippen LogP contribution in [0.15, 0.2) is 10.9 Å². The van der Waals surface area contributed by atoms with Crippen LogP contribution in [0.1, 0.15) is 16.1 Å². The molecule has 0 radical (unpaired) electrons. The number of carbonyl (C=O) groups excluding carboxylic acids is 1. The molecule has 1 rings (SSSR count). The topological polar surface area (TPSA) is 59.2 Å². The summed E-state index contributed by atoms with van der Waals surface area (Å²) in [6.07, 6.45) is 0. The Morgan fingerprint density at radius 1 is 1.62 bits per heavy atom. The Bertz CT molecular complexity index is 397. The number of rotatable bonds is 1. The van der Waals surface area contributed by atoms with E-state index in [9.17, 15) is 9.59 Å². The second-order valence-corrected chi connectivity index (χ2v) is 3.64. The van der Waals surface area contributed by atoms with E-state index in [4.69, 9.17) is 0 Å². The lowest BCUT2D eigenvalue weighted by molar-refractivity contribution is 0.0599. The Labute approximate surface area is 88.4 Å². The average Bonchev–Trinajstić information content (AvgIpc) is 2.10. The van der Waals surface area contributed by atoms with Crippen molar-refractivity contribution in [3.8, 4) is 0 Å². The molecular weight excluding hydrogens is 285 g/mol. The van der Waals surface area contributed by atoms with Crippen molar-refractivity contribution in [2.24, 2.45) is 0 Å². The highest BCUT2D eigenvalue weighted by Crippen LogP contribution is 2.07.